The topological polar surface area (TPSA) is 37.8 Å². The lowest BCUT2D eigenvalue weighted by molar-refractivity contribution is 1.10. The second-order valence-corrected chi connectivity index (χ2v) is 4.29. The SMILES string of the molecule is CNc1nc(C)cc(-c2cc(C)ccc2C)n1. The molecule has 0 aliphatic carbocycles. The Morgan fingerprint density at radius 1 is 1.00 bits per heavy atom. The third-order valence-electron chi connectivity index (χ3n) is 2.75. The van der Waals surface area contributed by atoms with Gasteiger partial charge in [-0.05, 0) is 38.5 Å². The molecule has 1 aromatic carbocycles. The number of hydrogen-bond acceptors (Lipinski definition) is 3. The summed E-state index contributed by atoms with van der Waals surface area (Å²) in [6, 6.07) is 8.42. The highest BCUT2D eigenvalue weighted by Crippen LogP contribution is 2.24. The van der Waals surface area contributed by atoms with Gasteiger partial charge in [0.1, 0.15) is 0 Å². The summed E-state index contributed by atoms with van der Waals surface area (Å²) in [6.45, 7) is 6.18. The fraction of sp³-hybridized carbons (Fsp3) is 0.286. The number of aromatic nitrogens is 2. The summed E-state index contributed by atoms with van der Waals surface area (Å²) in [7, 11) is 1.83. The van der Waals surface area contributed by atoms with Crippen LogP contribution in [0.15, 0.2) is 24.3 Å². The van der Waals surface area contributed by atoms with Gasteiger partial charge < -0.3 is 5.32 Å². The van der Waals surface area contributed by atoms with E-state index in [1.165, 1.54) is 16.7 Å². The van der Waals surface area contributed by atoms with Gasteiger partial charge in [-0.25, -0.2) is 9.97 Å². The smallest absolute Gasteiger partial charge is 0.223 e. The third kappa shape index (κ3) is 2.44. The maximum absolute atomic E-state index is 4.50. The molecule has 1 heterocycles. The minimum absolute atomic E-state index is 0.668. The minimum Gasteiger partial charge on any atom is -0.357 e. The fourth-order valence-electron chi connectivity index (χ4n) is 1.83. The van der Waals surface area contributed by atoms with Crippen LogP contribution in [0.3, 0.4) is 0 Å². The summed E-state index contributed by atoms with van der Waals surface area (Å²) in [6.07, 6.45) is 0. The number of hydrogen-bond donors (Lipinski definition) is 1. The summed E-state index contributed by atoms with van der Waals surface area (Å²) in [4.78, 5) is 8.81. The van der Waals surface area contributed by atoms with Gasteiger partial charge in [0.05, 0.1) is 5.69 Å². The lowest BCUT2D eigenvalue weighted by Crippen LogP contribution is -2.00. The Morgan fingerprint density at radius 2 is 1.76 bits per heavy atom. The molecule has 0 bridgehead atoms. The quantitative estimate of drug-likeness (QED) is 0.856. The van der Waals surface area contributed by atoms with E-state index in [9.17, 15) is 0 Å². The predicted molar refractivity (Wildman–Crippen MR) is 71.2 cm³/mol. The molecule has 3 heteroatoms. The van der Waals surface area contributed by atoms with Crippen LogP contribution < -0.4 is 5.32 Å². The number of nitrogens with zero attached hydrogens (tertiary/aromatic N) is 2. The molecule has 17 heavy (non-hydrogen) atoms. The van der Waals surface area contributed by atoms with Gasteiger partial charge in [-0.1, -0.05) is 17.7 Å². The van der Waals surface area contributed by atoms with Crippen LogP contribution in [-0.2, 0) is 0 Å². The standard InChI is InChI=1S/C14H17N3/c1-9-5-6-10(2)12(7-9)13-8-11(3)16-14(15-4)17-13/h5-8H,1-4H3,(H,15,16,17). The van der Waals surface area contributed by atoms with Crippen LogP contribution in [0.25, 0.3) is 11.3 Å². The van der Waals surface area contributed by atoms with E-state index in [0.717, 1.165) is 11.4 Å². The number of nitrogens with one attached hydrogen (secondary N) is 1. The zero-order valence-electron chi connectivity index (χ0n) is 10.7. The number of aryl methyl sites for hydroxylation is 3. The van der Waals surface area contributed by atoms with Crippen molar-refractivity contribution in [1.29, 1.82) is 0 Å². The first-order chi connectivity index (χ1) is 8.10. The molecule has 0 spiro atoms. The van der Waals surface area contributed by atoms with Crippen molar-refractivity contribution in [3.8, 4) is 11.3 Å². The largest absolute Gasteiger partial charge is 0.357 e. The molecule has 3 nitrogen and oxygen atoms in total. The lowest BCUT2D eigenvalue weighted by Gasteiger charge is -2.09. The summed E-state index contributed by atoms with van der Waals surface area (Å²) in [5.41, 5.74) is 5.60. The second kappa shape index (κ2) is 4.53. The van der Waals surface area contributed by atoms with Gasteiger partial charge in [0.25, 0.3) is 0 Å². The number of rotatable bonds is 2. The first kappa shape index (κ1) is 11.6. The maximum atomic E-state index is 4.50. The maximum Gasteiger partial charge on any atom is 0.223 e. The van der Waals surface area contributed by atoms with E-state index in [2.05, 4.69) is 47.3 Å². The van der Waals surface area contributed by atoms with Gasteiger partial charge in [-0.2, -0.15) is 0 Å². The summed E-state index contributed by atoms with van der Waals surface area (Å²) < 4.78 is 0. The van der Waals surface area contributed by atoms with Crippen molar-refractivity contribution in [3.63, 3.8) is 0 Å². The molecule has 0 saturated carbocycles. The van der Waals surface area contributed by atoms with E-state index in [4.69, 9.17) is 0 Å². The Hall–Kier alpha value is -1.90. The summed E-state index contributed by atoms with van der Waals surface area (Å²) in [5, 5.41) is 2.99. The van der Waals surface area contributed by atoms with Crippen molar-refractivity contribution in [3.05, 3.63) is 41.1 Å². The van der Waals surface area contributed by atoms with E-state index in [0.29, 0.717) is 5.95 Å². The van der Waals surface area contributed by atoms with E-state index in [1.54, 1.807) is 0 Å². The average molecular weight is 227 g/mol. The van der Waals surface area contributed by atoms with Crippen LogP contribution >= 0.6 is 0 Å². The summed E-state index contributed by atoms with van der Waals surface area (Å²) in [5.74, 6) is 0.668. The molecule has 1 N–H and O–H groups in total. The van der Waals surface area contributed by atoms with Crippen LogP contribution in [0.2, 0.25) is 0 Å². The molecule has 0 unspecified atom stereocenters. The van der Waals surface area contributed by atoms with Crippen LogP contribution in [0.1, 0.15) is 16.8 Å². The van der Waals surface area contributed by atoms with Gasteiger partial charge in [0, 0.05) is 18.3 Å². The van der Waals surface area contributed by atoms with E-state index in [-0.39, 0.29) is 0 Å². The first-order valence-corrected chi connectivity index (χ1v) is 5.71. The van der Waals surface area contributed by atoms with Crippen molar-refractivity contribution >= 4 is 5.95 Å². The van der Waals surface area contributed by atoms with Gasteiger partial charge in [-0.3, -0.25) is 0 Å². The molecule has 88 valence electrons. The van der Waals surface area contributed by atoms with E-state index >= 15 is 0 Å². The Bertz CT molecular complexity index is 547. The fourth-order valence-corrected chi connectivity index (χ4v) is 1.83. The Kier molecular flexibility index (Phi) is 3.09. The molecule has 0 aliphatic rings. The van der Waals surface area contributed by atoms with Crippen LogP contribution in [0, 0.1) is 20.8 Å². The highest BCUT2D eigenvalue weighted by atomic mass is 15.1. The zero-order chi connectivity index (χ0) is 12.4. The normalized spacial score (nSPS) is 10.4. The zero-order valence-corrected chi connectivity index (χ0v) is 10.7. The molecule has 0 saturated heterocycles. The number of benzene rings is 1. The average Bonchev–Trinajstić information content (AvgIpc) is 2.31. The molecule has 0 radical (unpaired) electrons. The monoisotopic (exact) mass is 227 g/mol. The molecular weight excluding hydrogens is 210 g/mol. The van der Waals surface area contributed by atoms with Gasteiger partial charge in [0.2, 0.25) is 5.95 Å². The molecule has 0 aliphatic heterocycles. The van der Waals surface area contributed by atoms with E-state index < -0.39 is 0 Å². The second-order valence-electron chi connectivity index (χ2n) is 4.29. The van der Waals surface area contributed by atoms with Crippen molar-refractivity contribution in [2.45, 2.75) is 20.8 Å². The molecule has 1 aromatic heterocycles. The first-order valence-electron chi connectivity index (χ1n) is 5.71. The Balaban J connectivity index is 2.59. The van der Waals surface area contributed by atoms with Crippen molar-refractivity contribution < 1.29 is 0 Å². The van der Waals surface area contributed by atoms with Crippen molar-refractivity contribution in [1.82, 2.24) is 9.97 Å². The third-order valence-corrected chi connectivity index (χ3v) is 2.75. The molecular formula is C14H17N3. The molecule has 2 aromatic rings. The Labute approximate surface area is 102 Å². The minimum atomic E-state index is 0.668. The van der Waals surface area contributed by atoms with Gasteiger partial charge in [-0.15, -0.1) is 0 Å². The molecule has 0 fully saturated rings. The van der Waals surface area contributed by atoms with E-state index in [1.807, 2.05) is 20.0 Å². The Morgan fingerprint density at radius 3 is 2.47 bits per heavy atom. The lowest BCUT2D eigenvalue weighted by atomic mass is 10.0. The highest BCUT2D eigenvalue weighted by Gasteiger charge is 2.06. The highest BCUT2D eigenvalue weighted by molar-refractivity contribution is 5.65. The van der Waals surface area contributed by atoms with Crippen LogP contribution in [0.5, 0.6) is 0 Å². The molecule has 0 amide bonds. The molecule has 2 rings (SSSR count). The van der Waals surface area contributed by atoms with Gasteiger partial charge in [0.15, 0.2) is 0 Å². The van der Waals surface area contributed by atoms with Gasteiger partial charge >= 0.3 is 0 Å². The summed E-state index contributed by atoms with van der Waals surface area (Å²) >= 11 is 0. The van der Waals surface area contributed by atoms with Crippen LogP contribution in [-0.4, -0.2) is 17.0 Å². The van der Waals surface area contributed by atoms with Crippen LogP contribution in [0.4, 0.5) is 5.95 Å². The predicted octanol–water partition coefficient (Wildman–Crippen LogP) is 3.11. The molecule has 0 atom stereocenters. The van der Waals surface area contributed by atoms with Crippen molar-refractivity contribution in [2.75, 3.05) is 12.4 Å². The van der Waals surface area contributed by atoms with Crippen molar-refractivity contribution in [2.24, 2.45) is 0 Å². The number of anilines is 1.